The predicted molar refractivity (Wildman–Crippen MR) is 255 cm³/mol. The largest absolute Gasteiger partial charge is 0.462 e. The Bertz CT molecular complexity index is 1240. The van der Waals surface area contributed by atoms with Gasteiger partial charge in [0.25, 0.3) is 0 Å². The van der Waals surface area contributed by atoms with E-state index < -0.39 is 6.10 Å². The van der Waals surface area contributed by atoms with E-state index in [9.17, 15) is 14.7 Å². The lowest BCUT2D eigenvalue weighted by atomic mass is 10.1. The summed E-state index contributed by atoms with van der Waals surface area (Å²) in [6.45, 7) is 3.95. The highest BCUT2D eigenvalue weighted by Crippen LogP contribution is 2.12. The summed E-state index contributed by atoms with van der Waals surface area (Å²) in [6, 6.07) is 0. The van der Waals surface area contributed by atoms with Gasteiger partial charge in [0.1, 0.15) is 6.61 Å². The number of rotatable bonds is 41. The van der Waals surface area contributed by atoms with Gasteiger partial charge in [0, 0.05) is 12.8 Å². The summed E-state index contributed by atoms with van der Waals surface area (Å²) in [5.74, 6) is -0.661. The van der Waals surface area contributed by atoms with E-state index in [-0.39, 0.29) is 31.6 Å². The van der Waals surface area contributed by atoms with Crippen molar-refractivity contribution in [1.82, 2.24) is 0 Å². The molecule has 1 N–H and O–H groups in total. The molecule has 0 radical (unpaired) electrons. The van der Waals surface area contributed by atoms with E-state index >= 15 is 0 Å². The van der Waals surface area contributed by atoms with Gasteiger partial charge in [-0.1, -0.05) is 187 Å². The number of esters is 2. The lowest BCUT2D eigenvalue weighted by molar-refractivity contribution is -0.161. The van der Waals surface area contributed by atoms with Crippen LogP contribution in [-0.4, -0.2) is 36.4 Å². The molecule has 0 aromatic heterocycles. The van der Waals surface area contributed by atoms with Crippen molar-refractivity contribution in [3.8, 4) is 0 Å². The number of allylic oxidation sites excluding steroid dienone is 20. The van der Waals surface area contributed by atoms with Gasteiger partial charge in [-0.15, -0.1) is 0 Å². The fourth-order valence-corrected chi connectivity index (χ4v) is 5.95. The van der Waals surface area contributed by atoms with Gasteiger partial charge in [0.2, 0.25) is 0 Å². The van der Waals surface area contributed by atoms with Gasteiger partial charge in [-0.2, -0.15) is 0 Å². The molecule has 0 aliphatic carbocycles. The molecule has 0 rings (SSSR count). The van der Waals surface area contributed by atoms with Gasteiger partial charge in [-0.25, -0.2) is 0 Å². The Labute approximate surface area is 363 Å². The summed E-state index contributed by atoms with van der Waals surface area (Å²) in [7, 11) is 0. The number of hydrogen-bond acceptors (Lipinski definition) is 5. The van der Waals surface area contributed by atoms with Gasteiger partial charge < -0.3 is 14.6 Å². The van der Waals surface area contributed by atoms with Gasteiger partial charge in [0.15, 0.2) is 6.10 Å². The van der Waals surface area contributed by atoms with Crippen LogP contribution in [0.5, 0.6) is 0 Å². The summed E-state index contributed by atoms with van der Waals surface area (Å²) in [6.07, 6.45) is 71.3. The first-order valence-corrected chi connectivity index (χ1v) is 23.6. The van der Waals surface area contributed by atoms with Crippen LogP contribution < -0.4 is 0 Å². The molecule has 0 heterocycles. The highest BCUT2D eigenvalue weighted by atomic mass is 16.6. The van der Waals surface area contributed by atoms with Crippen molar-refractivity contribution in [2.75, 3.05) is 13.2 Å². The monoisotopic (exact) mass is 815 g/mol. The summed E-state index contributed by atoms with van der Waals surface area (Å²) in [4.78, 5) is 24.4. The molecule has 0 aliphatic heterocycles. The van der Waals surface area contributed by atoms with Crippen molar-refractivity contribution in [2.45, 2.75) is 193 Å². The minimum absolute atomic E-state index is 0.0960. The normalized spacial score (nSPS) is 13.3. The lowest BCUT2D eigenvalue weighted by Gasteiger charge is -2.15. The summed E-state index contributed by atoms with van der Waals surface area (Å²) in [5.41, 5.74) is 0. The van der Waals surface area contributed by atoms with E-state index in [0.29, 0.717) is 12.8 Å². The molecular weight excluding hydrogens is 729 g/mol. The second-order valence-corrected chi connectivity index (χ2v) is 15.1. The molecule has 59 heavy (non-hydrogen) atoms. The molecule has 0 aliphatic rings. The molecule has 5 heteroatoms. The zero-order valence-electron chi connectivity index (χ0n) is 37.7. The van der Waals surface area contributed by atoms with Crippen molar-refractivity contribution >= 4 is 11.9 Å². The van der Waals surface area contributed by atoms with E-state index in [4.69, 9.17) is 9.47 Å². The van der Waals surface area contributed by atoms with Gasteiger partial charge >= 0.3 is 11.9 Å². The maximum absolute atomic E-state index is 12.2. The van der Waals surface area contributed by atoms with Crippen LogP contribution in [0.3, 0.4) is 0 Å². The van der Waals surface area contributed by atoms with Crippen LogP contribution in [0.2, 0.25) is 0 Å². The van der Waals surface area contributed by atoms with E-state index in [1.807, 2.05) is 0 Å². The van der Waals surface area contributed by atoms with Gasteiger partial charge in [-0.3, -0.25) is 9.59 Å². The molecule has 332 valence electrons. The quantitative estimate of drug-likeness (QED) is 0.0378. The molecular formula is C54H86O5. The van der Waals surface area contributed by atoms with Crippen molar-refractivity contribution in [3.63, 3.8) is 0 Å². The molecule has 0 saturated heterocycles. The Hall–Kier alpha value is -3.70. The number of ether oxygens (including phenoxy) is 2. The van der Waals surface area contributed by atoms with Crippen molar-refractivity contribution in [2.24, 2.45) is 0 Å². The highest BCUT2D eigenvalue weighted by Gasteiger charge is 2.16. The molecule has 1 atom stereocenters. The summed E-state index contributed by atoms with van der Waals surface area (Å²) >= 11 is 0. The Morgan fingerprint density at radius 3 is 1.14 bits per heavy atom. The number of hydrogen-bond donors (Lipinski definition) is 1. The molecule has 0 fully saturated rings. The molecule has 0 bridgehead atoms. The van der Waals surface area contributed by atoms with Crippen molar-refractivity contribution in [3.05, 3.63) is 122 Å². The maximum atomic E-state index is 12.2. The summed E-state index contributed by atoms with van der Waals surface area (Å²) in [5, 5.41) is 9.60. The third-order valence-electron chi connectivity index (χ3n) is 9.49. The third-order valence-corrected chi connectivity index (χ3v) is 9.49. The first kappa shape index (κ1) is 55.3. The van der Waals surface area contributed by atoms with Crippen LogP contribution >= 0.6 is 0 Å². The molecule has 0 saturated carbocycles. The molecule has 1 unspecified atom stereocenters. The average molecular weight is 815 g/mol. The van der Waals surface area contributed by atoms with Gasteiger partial charge in [-0.05, 0) is 109 Å². The van der Waals surface area contributed by atoms with Crippen LogP contribution in [0.15, 0.2) is 122 Å². The zero-order valence-corrected chi connectivity index (χ0v) is 37.7. The Morgan fingerprint density at radius 2 is 0.729 bits per heavy atom. The molecule has 0 aromatic carbocycles. The number of carbonyl (C=O) groups excluding carboxylic acids is 2. The van der Waals surface area contributed by atoms with E-state index in [1.165, 1.54) is 57.8 Å². The lowest BCUT2D eigenvalue weighted by Crippen LogP contribution is -2.28. The Kier molecular flexibility index (Phi) is 45.6. The second-order valence-electron chi connectivity index (χ2n) is 15.1. The SMILES string of the molecule is CC/C=C\C/C=C\C/C=C\C/C=C\C/C=C\C/C=C\C/C=C\C/C=C\CCCCC(=O)OC(CO)COC(=O)CCCCCCCCC/C=C\C/C=C\CCCCCC. The topological polar surface area (TPSA) is 72.8 Å². The molecule has 0 spiro atoms. The average Bonchev–Trinajstić information content (AvgIpc) is 3.24. The Balaban J connectivity index is 3.70. The molecule has 0 amide bonds. The van der Waals surface area contributed by atoms with Crippen molar-refractivity contribution < 1.29 is 24.2 Å². The number of unbranched alkanes of at least 4 members (excludes halogenated alkanes) is 13. The molecule has 0 aromatic rings. The minimum Gasteiger partial charge on any atom is -0.462 e. The van der Waals surface area contributed by atoms with Crippen molar-refractivity contribution in [1.29, 1.82) is 0 Å². The zero-order chi connectivity index (χ0) is 42.8. The minimum atomic E-state index is -0.808. The Morgan fingerprint density at radius 1 is 0.407 bits per heavy atom. The van der Waals surface area contributed by atoms with Crippen LogP contribution in [0, 0.1) is 0 Å². The number of carbonyl (C=O) groups is 2. The third kappa shape index (κ3) is 46.9. The fourth-order valence-electron chi connectivity index (χ4n) is 5.95. The highest BCUT2D eigenvalue weighted by molar-refractivity contribution is 5.70. The van der Waals surface area contributed by atoms with E-state index in [0.717, 1.165) is 96.3 Å². The maximum Gasteiger partial charge on any atom is 0.306 e. The number of aliphatic hydroxyl groups is 1. The van der Waals surface area contributed by atoms with Gasteiger partial charge in [0.05, 0.1) is 6.61 Å². The van der Waals surface area contributed by atoms with Crippen LogP contribution in [0.25, 0.3) is 0 Å². The van der Waals surface area contributed by atoms with E-state index in [2.05, 4.69) is 135 Å². The second kappa shape index (κ2) is 48.7. The smallest absolute Gasteiger partial charge is 0.306 e. The fraction of sp³-hybridized carbons (Fsp3) is 0.593. The standard InChI is InChI=1S/C54H86O5/c1-3-5-7-9-11-13-15-17-19-21-23-24-25-26-27-28-29-30-31-33-35-37-39-41-43-45-47-49-54(57)59-52(50-55)51-58-53(56)48-46-44-42-40-38-36-34-32-22-20-18-16-14-12-10-8-6-4-2/h5,7,11,13-14,16-17,19-20,22-24,26-27,29-30,33,35,39,41,52,55H,3-4,6,8-10,12,15,18,21,25,28,31-32,34,36-38,40,42-51H2,1-2H3/b7-5-,13-11-,16-14-,19-17-,22-20-,24-23-,27-26-,30-29-,35-33-,41-39-. The summed E-state index contributed by atoms with van der Waals surface area (Å²) < 4.78 is 10.6. The predicted octanol–water partition coefficient (Wildman–Crippen LogP) is 15.6. The van der Waals surface area contributed by atoms with Crippen LogP contribution in [0.1, 0.15) is 187 Å². The number of aliphatic hydroxyl groups excluding tert-OH is 1. The van der Waals surface area contributed by atoms with Crippen LogP contribution in [-0.2, 0) is 19.1 Å². The van der Waals surface area contributed by atoms with E-state index in [1.54, 1.807) is 0 Å². The van der Waals surface area contributed by atoms with Crippen LogP contribution in [0.4, 0.5) is 0 Å². The molecule has 5 nitrogen and oxygen atoms in total. The first-order chi connectivity index (χ1) is 29.1. The first-order valence-electron chi connectivity index (χ1n) is 23.6.